The highest BCUT2D eigenvalue weighted by Gasteiger charge is 2.73. The van der Waals surface area contributed by atoms with E-state index < -0.39 is 34.7 Å². The third kappa shape index (κ3) is 2.54. The maximum atomic E-state index is 13.9. The molecule has 0 aliphatic heterocycles. The molecule has 0 spiro atoms. The Hall–Kier alpha value is -1.79. The second kappa shape index (κ2) is 5.10. The first-order valence-corrected chi connectivity index (χ1v) is 7.84. The van der Waals surface area contributed by atoms with Gasteiger partial charge in [-0.2, -0.15) is 13.2 Å². The number of rotatable bonds is 4. The van der Waals surface area contributed by atoms with Crippen LogP contribution in [0.25, 0.3) is 0 Å². The molecule has 4 bridgehead atoms. The summed E-state index contributed by atoms with van der Waals surface area (Å²) < 4.78 is 52.3. The van der Waals surface area contributed by atoms with E-state index in [1.165, 1.54) is 0 Å². The molecule has 2 atom stereocenters. The van der Waals surface area contributed by atoms with Crippen LogP contribution >= 0.6 is 0 Å². The second-order valence-corrected chi connectivity index (χ2v) is 7.40. The van der Waals surface area contributed by atoms with Crippen molar-refractivity contribution in [3.8, 4) is 0 Å². The second-order valence-electron chi connectivity index (χ2n) is 7.40. The molecule has 0 amide bonds. The van der Waals surface area contributed by atoms with Crippen LogP contribution in [0.2, 0.25) is 0 Å². The van der Waals surface area contributed by atoms with Gasteiger partial charge in [-0.25, -0.2) is 9.59 Å². The van der Waals surface area contributed by atoms with Gasteiger partial charge in [0.05, 0.1) is 5.41 Å². The molecule has 0 aromatic rings. The Morgan fingerprint density at radius 3 is 1.75 bits per heavy atom. The summed E-state index contributed by atoms with van der Waals surface area (Å²) in [4.78, 5) is 23.4. The SMILES string of the molecule is C=CC(=O)OC12CC3CC(OC(=O)C=C)(C1)CC(C(F)(F)F)(C3)C2. The van der Waals surface area contributed by atoms with Crippen LogP contribution in [0.5, 0.6) is 0 Å². The molecule has 4 rings (SSSR count). The molecule has 0 radical (unpaired) electrons. The molecule has 0 heterocycles. The highest BCUT2D eigenvalue weighted by Crippen LogP contribution is 2.69. The molecule has 24 heavy (non-hydrogen) atoms. The van der Waals surface area contributed by atoms with Crippen LogP contribution in [0.1, 0.15) is 38.5 Å². The number of alkyl halides is 3. The van der Waals surface area contributed by atoms with Crippen molar-refractivity contribution in [1.82, 2.24) is 0 Å². The zero-order valence-electron chi connectivity index (χ0n) is 13.2. The van der Waals surface area contributed by atoms with Crippen LogP contribution < -0.4 is 0 Å². The number of hydrogen-bond donors (Lipinski definition) is 0. The zero-order valence-corrected chi connectivity index (χ0v) is 13.2. The topological polar surface area (TPSA) is 52.6 Å². The molecule has 4 fully saturated rings. The average molecular weight is 344 g/mol. The molecule has 0 N–H and O–H groups in total. The summed E-state index contributed by atoms with van der Waals surface area (Å²) in [5.74, 6) is -1.81. The summed E-state index contributed by atoms with van der Waals surface area (Å²) in [7, 11) is 0. The Labute approximate surface area is 137 Å². The largest absolute Gasteiger partial charge is 0.456 e. The lowest BCUT2D eigenvalue weighted by Gasteiger charge is -2.64. The molecule has 4 nitrogen and oxygen atoms in total. The molecule has 2 unspecified atom stereocenters. The van der Waals surface area contributed by atoms with Gasteiger partial charge in [-0.3, -0.25) is 0 Å². The van der Waals surface area contributed by atoms with E-state index in [1.807, 2.05) is 0 Å². The summed E-state index contributed by atoms with van der Waals surface area (Å²) in [6, 6.07) is 0. The summed E-state index contributed by atoms with van der Waals surface area (Å²) in [5, 5.41) is 0. The smallest absolute Gasteiger partial charge is 0.394 e. The Morgan fingerprint density at radius 2 is 1.38 bits per heavy atom. The Bertz CT molecular complexity index is 571. The highest BCUT2D eigenvalue weighted by molar-refractivity contribution is 5.82. The third-order valence-electron chi connectivity index (χ3n) is 5.54. The molecule has 4 aliphatic rings. The molecule has 0 aromatic heterocycles. The summed E-state index contributed by atoms with van der Waals surface area (Å²) in [6.07, 6.45) is -2.34. The van der Waals surface area contributed by atoms with E-state index in [-0.39, 0.29) is 31.6 Å². The third-order valence-corrected chi connectivity index (χ3v) is 5.54. The first-order valence-electron chi connectivity index (χ1n) is 7.84. The molecular formula is C17H19F3O4. The Kier molecular flexibility index (Phi) is 3.62. The van der Waals surface area contributed by atoms with Crippen molar-refractivity contribution in [3.63, 3.8) is 0 Å². The lowest BCUT2D eigenvalue weighted by atomic mass is 9.46. The number of carbonyl (C=O) groups excluding carboxylic acids is 2. The highest BCUT2D eigenvalue weighted by atomic mass is 19.4. The van der Waals surface area contributed by atoms with Crippen molar-refractivity contribution in [2.24, 2.45) is 11.3 Å². The van der Waals surface area contributed by atoms with E-state index in [0.717, 1.165) is 12.2 Å². The van der Waals surface area contributed by atoms with Crippen LogP contribution in [0, 0.1) is 11.3 Å². The minimum atomic E-state index is -4.45. The molecule has 7 heteroatoms. The first-order chi connectivity index (χ1) is 11.1. The molecule has 4 aliphatic carbocycles. The van der Waals surface area contributed by atoms with E-state index in [2.05, 4.69) is 13.2 Å². The predicted molar refractivity (Wildman–Crippen MR) is 77.7 cm³/mol. The monoisotopic (exact) mass is 344 g/mol. The van der Waals surface area contributed by atoms with E-state index in [0.29, 0.717) is 12.8 Å². The zero-order chi connectivity index (χ0) is 17.8. The number of carbonyl (C=O) groups is 2. The molecule has 132 valence electrons. The van der Waals surface area contributed by atoms with Crippen molar-refractivity contribution in [3.05, 3.63) is 25.3 Å². The first kappa shape index (κ1) is 17.0. The van der Waals surface area contributed by atoms with Gasteiger partial charge in [0.2, 0.25) is 0 Å². The minimum absolute atomic E-state index is 0.0166. The van der Waals surface area contributed by atoms with Crippen LogP contribution in [-0.2, 0) is 19.1 Å². The average Bonchev–Trinajstić information content (AvgIpc) is 2.43. The lowest BCUT2D eigenvalue weighted by Crippen LogP contribution is -2.68. The maximum absolute atomic E-state index is 13.9. The molecular weight excluding hydrogens is 325 g/mol. The minimum Gasteiger partial charge on any atom is -0.456 e. The van der Waals surface area contributed by atoms with Crippen LogP contribution in [0.4, 0.5) is 13.2 Å². The van der Waals surface area contributed by atoms with Crippen molar-refractivity contribution in [1.29, 1.82) is 0 Å². The van der Waals surface area contributed by atoms with E-state index in [1.54, 1.807) is 0 Å². The molecule has 0 aromatic carbocycles. The van der Waals surface area contributed by atoms with Gasteiger partial charge in [-0.05, 0) is 25.2 Å². The van der Waals surface area contributed by atoms with E-state index in [4.69, 9.17) is 9.47 Å². The Morgan fingerprint density at radius 1 is 0.917 bits per heavy atom. The fourth-order valence-corrected chi connectivity index (χ4v) is 5.32. The van der Waals surface area contributed by atoms with Crippen molar-refractivity contribution < 1.29 is 32.2 Å². The molecule has 0 saturated heterocycles. The van der Waals surface area contributed by atoms with Crippen LogP contribution in [-0.4, -0.2) is 29.3 Å². The van der Waals surface area contributed by atoms with Gasteiger partial charge in [0.1, 0.15) is 11.2 Å². The van der Waals surface area contributed by atoms with Crippen LogP contribution in [0.15, 0.2) is 25.3 Å². The van der Waals surface area contributed by atoms with Gasteiger partial charge in [-0.1, -0.05) is 13.2 Å². The number of halogens is 3. The van der Waals surface area contributed by atoms with Gasteiger partial charge in [0, 0.05) is 31.4 Å². The van der Waals surface area contributed by atoms with E-state index in [9.17, 15) is 22.8 Å². The van der Waals surface area contributed by atoms with Gasteiger partial charge in [0.15, 0.2) is 0 Å². The summed E-state index contributed by atoms with van der Waals surface area (Å²) in [5.41, 5.74) is -4.52. The lowest BCUT2D eigenvalue weighted by molar-refractivity contribution is -0.326. The maximum Gasteiger partial charge on any atom is 0.394 e. The normalized spacial score (nSPS) is 40.0. The summed E-state index contributed by atoms with van der Waals surface area (Å²) in [6.45, 7) is 6.62. The van der Waals surface area contributed by atoms with Crippen molar-refractivity contribution in [2.45, 2.75) is 55.9 Å². The number of ether oxygens (including phenoxy) is 2. The van der Waals surface area contributed by atoms with Crippen molar-refractivity contribution >= 4 is 11.9 Å². The van der Waals surface area contributed by atoms with Crippen LogP contribution in [0.3, 0.4) is 0 Å². The molecule has 4 saturated carbocycles. The van der Waals surface area contributed by atoms with Gasteiger partial charge < -0.3 is 9.47 Å². The number of esters is 2. The fourth-order valence-electron chi connectivity index (χ4n) is 5.32. The van der Waals surface area contributed by atoms with Crippen molar-refractivity contribution in [2.75, 3.05) is 0 Å². The number of hydrogen-bond acceptors (Lipinski definition) is 4. The standard InChI is InChI=1S/C17H19F3O4/c1-3-12(21)23-15-6-11-5-14(8-15,17(18,19)20)9-16(7-11,10-15)24-13(22)4-2/h3-4,11H,1-2,5-10H2. The fraction of sp³-hybridized carbons (Fsp3) is 0.647. The predicted octanol–water partition coefficient (Wildman–Crippen LogP) is 3.47. The van der Waals surface area contributed by atoms with Gasteiger partial charge in [0.25, 0.3) is 0 Å². The Balaban J connectivity index is 2.02. The summed E-state index contributed by atoms with van der Waals surface area (Å²) >= 11 is 0. The van der Waals surface area contributed by atoms with Gasteiger partial charge in [-0.15, -0.1) is 0 Å². The van der Waals surface area contributed by atoms with E-state index >= 15 is 0 Å². The van der Waals surface area contributed by atoms with Gasteiger partial charge >= 0.3 is 18.1 Å². The quantitative estimate of drug-likeness (QED) is 0.579.